The number of primary amides is 1. The number of ether oxygens (including phenoxy) is 6. The molecular weight excluding hydrogens is 526 g/mol. The van der Waals surface area contributed by atoms with Crippen molar-refractivity contribution in [2.45, 2.75) is 64.3 Å². The number of para-hydroxylation sites is 1. The highest BCUT2D eigenvalue weighted by molar-refractivity contribution is 5.92. The molecule has 1 fully saturated rings. The summed E-state index contributed by atoms with van der Waals surface area (Å²) in [5, 5.41) is 0. The van der Waals surface area contributed by atoms with Crippen molar-refractivity contribution in [3.63, 3.8) is 0 Å². The highest BCUT2D eigenvalue weighted by atomic mass is 16.7. The average molecular weight is 558 g/mol. The molecule has 2 aromatic rings. The number of esters is 4. The number of hydrogen-bond donors (Lipinski definition) is 1. The van der Waals surface area contributed by atoms with E-state index in [9.17, 15) is 24.0 Å². The summed E-state index contributed by atoms with van der Waals surface area (Å²) in [5.74, 6) is -3.30. The molecule has 1 heterocycles. The van der Waals surface area contributed by atoms with Crippen molar-refractivity contribution in [2.24, 2.45) is 5.73 Å². The van der Waals surface area contributed by atoms with Gasteiger partial charge in [0.2, 0.25) is 17.8 Å². The predicted molar refractivity (Wildman–Crippen MR) is 137 cm³/mol. The number of carbonyl (C=O) groups excluding carboxylic acids is 5. The monoisotopic (exact) mass is 557 g/mol. The Bertz CT molecular complexity index is 1230. The maximum absolute atomic E-state index is 12.6. The molecule has 2 aromatic carbocycles. The number of nitrogens with two attached hydrogens (primary N) is 1. The molecule has 0 bridgehead atoms. The van der Waals surface area contributed by atoms with Crippen LogP contribution in [0.25, 0.3) is 0 Å². The smallest absolute Gasteiger partial charge is 0.303 e. The molecule has 3 rings (SSSR count). The van der Waals surface area contributed by atoms with Crippen molar-refractivity contribution >= 4 is 29.8 Å². The van der Waals surface area contributed by atoms with Gasteiger partial charge in [0, 0.05) is 39.7 Å². The number of benzene rings is 2. The van der Waals surface area contributed by atoms with E-state index in [-0.39, 0.29) is 12.0 Å². The summed E-state index contributed by atoms with van der Waals surface area (Å²) < 4.78 is 34.6. The average Bonchev–Trinajstić information content (AvgIpc) is 2.87. The fraction of sp³-hybridized carbons (Fsp3) is 0.393. The number of amides is 1. The van der Waals surface area contributed by atoms with Crippen molar-refractivity contribution in [1.29, 1.82) is 0 Å². The summed E-state index contributed by atoms with van der Waals surface area (Å²) in [6.45, 7) is 4.20. The Morgan fingerprint density at radius 1 is 0.825 bits per heavy atom. The summed E-state index contributed by atoms with van der Waals surface area (Å²) in [5.41, 5.74) is 4.17. The molecule has 0 spiro atoms. The van der Waals surface area contributed by atoms with Crippen LogP contribution >= 0.6 is 0 Å². The normalized spacial score (nSPS) is 23.8. The molecule has 1 amide bonds. The molecule has 0 aliphatic carbocycles. The van der Waals surface area contributed by atoms with Gasteiger partial charge in [0.1, 0.15) is 18.5 Å². The van der Waals surface area contributed by atoms with Gasteiger partial charge in [-0.1, -0.05) is 30.3 Å². The van der Waals surface area contributed by atoms with Gasteiger partial charge in [-0.2, -0.15) is 0 Å². The van der Waals surface area contributed by atoms with Crippen LogP contribution in [0.4, 0.5) is 0 Å². The van der Waals surface area contributed by atoms with E-state index in [0.29, 0.717) is 11.3 Å². The molecule has 0 radical (unpaired) electrons. The first-order valence-corrected chi connectivity index (χ1v) is 12.3. The topological polar surface area (TPSA) is 167 Å². The zero-order chi connectivity index (χ0) is 29.4. The maximum atomic E-state index is 12.6. The minimum absolute atomic E-state index is 0.181. The Hall–Kier alpha value is -4.45. The summed E-state index contributed by atoms with van der Waals surface area (Å²) in [4.78, 5) is 60.4. The molecule has 12 nitrogen and oxygen atoms in total. The highest BCUT2D eigenvalue weighted by Gasteiger charge is 2.64. The quantitative estimate of drug-likeness (QED) is 0.334. The van der Waals surface area contributed by atoms with E-state index in [1.165, 1.54) is 19.1 Å². The number of rotatable bonds is 10. The molecule has 214 valence electrons. The largest absolute Gasteiger partial charge is 0.463 e. The van der Waals surface area contributed by atoms with Crippen LogP contribution in [-0.2, 0) is 49.3 Å². The van der Waals surface area contributed by atoms with Crippen LogP contribution in [0.3, 0.4) is 0 Å². The zero-order valence-corrected chi connectivity index (χ0v) is 22.5. The van der Waals surface area contributed by atoms with Gasteiger partial charge in [-0.15, -0.1) is 0 Å². The first kappa shape index (κ1) is 30.1. The molecule has 1 saturated heterocycles. The van der Waals surface area contributed by atoms with Gasteiger partial charge >= 0.3 is 23.9 Å². The molecule has 0 aromatic heterocycles. The maximum Gasteiger partial charge on any atom is 0.303 e. The van der Waals surface area contributed by atoms with E-state index < -0.39 is 66.6 Å². The SMILES string of the molecule is CC(=O)OC[C@H]1O[C@@H](Oc2ccccc2)[C@](Cc2ccc(C(N)=O)cc2)(OC(C)=O)[C@@H](OC(C)=O)[C@@H]1OC(C)=O. The van der Waals surface area contributed by atoms with Crippen LogP contribution in [0.15, 0.2) is 54.6 Å². The van der Waals surface area contributed by atoms with Crippen LogP contribution in [0.5, 0.6) is 5.75 Å². The molecule has 0 unspecified atom stereocenters. The Morgan fingerprint density at radius 2 is 1.45 bits per heavy atom. The molecule has 5 atom stereocenters. The Kier molecular flexibility index (Phi) is 9.83. The van der Waals surface area contributed by atoms with Crippen LogP contribution in [0.2, 0.25) is 0 Å². The molecule has 0 saturated carbocycles. The van der Waals surface area contributed by atoms with Gasteiger partial charge in [0.05, 0.1) is 0 Å². The number of hydrogen-bond acceptors (Lipinski definition) is 11. The van der Waals surface area contributed by atoms with Crippen molar-refractivity contribution in [2.75, 3.05) is 6.61 Å². The van der Waals surface area contributed by atoms with Crippen LogP contribution in [0.1, 0.15) is 43.6 Å². The van der Waals surface area contributed by atoms with E-state index in [0.717, 1.165) is 20.8 Å². The third-order valence-corrected chi connectivity index (χ3v) is 5.93. The molecule has 1 aliphatic rings. The van der Waals surface area contributed by atoms with Crippen molar-refractivity contribution in [1.82, 2.24) is 0 Å². The number of carbonyl (C=O) groups is 5. The van der Waals surface area contributed by atoms with E-state index >= 15 is 0 Å². The van der Waals surface area contributed by atoms with Crippen LogP contribution < -0.4 is 10.5 Å². The van der Waals surface area contributed by atoms with Crippen molar-refractivity contribution in [3.05, 3.63) is 65.7 Å². The summed E-state index contributed by atoms with van der Waals surface area (Å²) in [7, 11) is 0. The fourth-order valence-corrected chi connectivity index (χ4v) is 4.42. The van der Waals surface area contributed by atoms with Gasteiger partial charge in [0.25, 0.3) is 0 Å². The van der Waals surface area contributed by atoms with Crippen molar-refractivity contribution < 1.29 is 52.4 Å². The van der Waals surface area contributed by atoms with Crippen LogP contribution in [0, 0.1) is 0 Å². The molecule has 1 aliphatic heterocycles. The minimum Gasteiger partial charge on any atom is -0.463 e. The lowest BCUT2D eigenvalue weighted by atomic mass is 9.80. The Labute approximate surface area is 230 Å². The van der Waals surface area contributed by atoms with E-state index in [2.05, 4.69) is 0 Å². The first-order chi connectivity index (χ1) is 18.9. The van der Waals surface area contributed by atoms with Gasteiger partial charge in [0.15, 0.2) is 12.2 Å². The Balaban J connectivity index is 2.22. The molecular formula is C28H31NO11. The standard InChI is InChI=1S/C28H31NO11/c1-16(30)35-15-23-24(36-17(2)31)25(37-18(3)32)28(40-19(4)33,14-20-10-12-21(13-11-20)26(29)34)27(39-23)38-22-8-6-5-7-9-22/h5-13,23-25,27H,14-15H2,1-4H3,(H2,29,34)/t23-,24-,25+,27-,28-/m1/s1. The third kappa shape index (κ3) is 7.56. The van der Waals surface area contributed by atoms with E-state index in [4.69, 9.17) is 34.2 Å². The lowest BCUT2D eigenvalue weighted by Crippen LogP contribution is -2.72. The van der Waals surface area contributed by atoms with Gasteiger partial charge in [-0.05, 0) is 29.8 Å². The summed E-state index contributed by atoms with van der Waals surface area (Å²) in [6, 6.07) is 14.5. The molecule has 12 heteroatoms. The third-order valence-electron chi connectivity index (χ3n) is 5.93. The van der Waals surface area contributed by atoms with E-state index in [1.807, 2.05) is 0 Å². The second-order valence-corrected chi connectivity index (χ2v) is 9.13. The van der Waals surface area contributed by atoms with E-state index in [1.54, 1.807) is 42.5 Å². The predicted octanol–water partition coefficient (Wildman–Crippen LogP) is 1.86. The second-order valence-electron chi connectivity index (χ2n) is 9.13. The summed E-state index contributed by atoms with van der Waals surface area (Å²) >= 11 is 0. The fourth-order valence-electron chi connectivity index (χ4n) is 4.42. The summed E-state index contributed by atoms with van der Waals surface area (Å²) in [6.07, 6.45) is -5.71. The van der Waals surface area contributed by atoms with Crippen molar-refractivity contribution in [3.8, 4) is 5.75 Å². The van der Waals surface area contributed by atoms with Gasteiger partial charge in [-0.3, -0.25) is 24.0 Å². The molecule has 40 heavy (non-hydrogen) atoms. The first-order valence-electron chi connectivity index (χ1n) is 12.3. The Morgan fingerprint density at radius 3 is 1.98 bits per heavy atom. The lowest BCUT2D eigenvalue weighted by Gasteiger charge is -2.51. The van der Waals surface area contributed by atoms with Crippen LogP contribution in [-0.4, -0.2) is 66.6 Å². The van der Waals surface area contributed by atoms with Gasteiger partial charge in [-0.25, -0.2) is 0 Å². The second kappa shape index (κ2) is 13.1. The lowest BCUT2D eigenvalue weighted by molar-refractivity contribution is -0.326. The molecule has 2 N–H and O–H groups in total. The highest BCUT2D eigenvalue weighted by Crippen LogP contribution is 2.41. The van der Waals surface area contributed by atoms with Gasteiger partial charge < -0.3 is 34.2 Å². The zero-order valence-electron chi connectivity index (χ0n) is 22.5. The minimum atomic E-state index is -1.94.